The van der Waals surface area contributed by atoms with E-state index >= 15 is 0 Å². The van der Waals surface area contributed by atoms with Crippen molar-refractivity contribution in [1.29, 1.82) is 0 Å². The molecule has 9 nitrogen and oxygen atoms in total. The quantitative estimate of drug-likeness (QED) is 0.132. The summed E-state index contributed by atoms with van der Waals surface area (Å²) in [6.45, 7) is 5.84. The van der Waals surface area contributed by atoms with Gasteiger partial charge in [0.05, 0.1) is 19.8 Å². The number of carbonyl (C=O) groups excluding carboxylic acids is 1. The Hall–Kier alpha value is -1.71. The van der Waals surface area contributed by atoms with Crippen LogP contribution in [-0.2, 0) is 23.9 Å². The summed E-state index contributed by atoms with van der Waals surface area (Å²) >= 11 is 0. The summed E-state index contributed by atoms with van der Waals surface area (Å²) in [6, 6.07) is 0. The van der Waals surface area contributed by atoms with E-state index in [0.29, 0.717) is 0 Å². The SMILES string of the molecule is CC(=O)O.CC(=O)O.CCCCCCCCCCCCCCCC(COCC(O)CO)OC(C)=O. The lowest BCUT2D eigenvalue weighted by atomic mass is 10.0. The predicted octanol–water partition coefficient (Wildman–Crippen LogP) is 4.95. The van der Waals surface area contributed by atoms with Crippen LogP contribution in [0.2, 0.25) is 0 Å². The van der Waals surface area contributed by atoms with Crippen molar-refractivity contribution in [3.8, 4) is 0 Å². The Bertz CT molecular complexity index is 463. The molecule has 0 spiro atoms. The van der Waals surface area contributed by atoms with Gasteiger partial charge in [-0.1, -0.05) is 84.0 Å². The van der Waals surface area contributed by atoms with Gasteiger partial charge in [-0.25, -0.2) is 0 Å². The molecule has 210 valence electrons. The Balaban J connectivity index is -0.00000110. The van der Waals surface area contributed by atoms with Crippen molar-refractivity contribution in [3.63, 3.8) is 0 Å². The van der Waals surface area contributed by atoms with E-state index in [1.807, 2.05) is 0 Å². The lowest BCUT2D eigenvalue weighted by molar-refractivity contribution is -0.150. The van der Waals surface area contributed by atoms with Crippen molar-refractivity contribution in [2.24, 2.45) is 0 Å². The summed E-state index contributed by atoms with van der Waals surface area (Å²) in [5.74, 6) is -1.97. The van der Waals surface area contributed by atoms with Crippen LogP contribution in [0.5, 0.6) is 0 Å². The Morgan fingerprint density at radius 3 is 1.40 bits per heavy atom. The number of aliphatic hydroxyl groups excluding tert-OH is 2. The summed E-state index contributed by atoms with van der Waals surface area (Å²) in [6.07, 6.45) is 16.7. The highest BCUT2D eigenvalue weighted by Gasteiger charge is 2.13. The number of aliphatic carboxylic acids is 2. The zero-order valence-electron chi connectivity index (χ0n) is 22.5. The molecule has 0 radical (unpaired) electrons. The Morgan fingerprint density at radius 1 is 0.686 bits per heavy atom. The van der Waals surface area contributed by atoms with Crippen LogP contribution in [0.15, 0.2) is 0 Å². The fraction of sp³-hybridized carbons (Fsp3) is 0.885. The minimum atomic E-state index is -0.876. The molecule has 2 atom stereocenters. The minimum Gasteiger partial charge on any atom is -0.481 e. The number of hydrogen-bond acceptors (Lipinski definition) is 7. The third kappa shape index (κ3) is 46.3. The maximum absolute atomic E-state index is 11.2. The summed E-state index contributed by atoms with van der Waals surface area (Å²) in [5, 5.41) is 32.9. The molecule has 0 aliphatic heterocycles. The first-order chi connectivity index (χ1) is 16.6. The van der Waals surface area contributed by atoms with E-state index in [1.165, 1.54) is 77.6 Å². The molecule has 35 heavy (non-hydrogen) atoms. The number of carboxylic acids is 2. The molecule has 9 heteroatoms. The van der Waals surface area contributed by atoms with Gasteiger partial charge >= 0.3 is 5.97 Å². The first-order valence-corrected chi connectivity index (χ1v) is 13.0. The van der Waals surface area contributed by atoms with E-state index in [4.69, 9.17) is 34.4 Å². The van der Waals surface area contributed by atoms with Gasteiger partial charge in [0.15, 0.2) is 0 Å². The monoisotopic (exact) mass is 508 g/mol. The Kier molecular flexibility index (Phi) is 32.8. The average molecular weight is 509 g/mol. The maximum Gasteiger partial charge on any atom is 0.302 e. The van der Waals surface area contributed by atoms with E-state index in [9.17, 15) is 9.90 Å². The molecule has 0 rings (SSSR count). The second-order valence-corrected chi connectivity index (χ2v) is 8.67. The number of rotatable bonds is 20. The van der Waals surface area contributed by atoms with Crippen LogP contribution in [-0.4, -0.2) is 70.4 Å². The van der Waals surface area contributed by atoms with Crippen LogP contribution in [0.4, 0.5) is 0 Å². The van der Waals surface area contributed by atoms with Crippen molar-refractivity contribution in [2.75, 3.05) is 19.8 Å². The third-order valence-corrected chi connectivity index (χ3v) is 4.79. The molecule has 0 aromatic rings. The number of hydrogen-bond donors (Lipinski definition) is 4. The number of ether oxygens (including phenoxy) is 2. The van der Waals surface area contributed by atoms with Gasteiger partial charge in [-0.05, 0) is 12.8 Å². The molecule has 0 amide bonds. The van der Waals surface area contributed by atoms with Gasteiger partial charge in [-0.3, -0.25) is 14.4 Å². The maximum atomic E-state index is 11.2. The standard InChI is InChI=1S/C22H44O5.2C2H4O2/c1-3-4-5-6-7-8-9-10-11-12-13-14-15-16-22(27-20(2)24)19-26-18-21(25)17-23;2*1-2(3)4/h21-23,25H,3-19H2,1-2H3;2*1H3,(H,3,4). The van der Waals surface area contributed by atoms with Crippen LogP contribution in [0.25, 0.3) is 0 Å². The number of carboxylic acid groups (broad SMARTS) is 2. The molecule has 0 heterocycles. The highest BCUT2D eigenvalue weighted by molar-refractivity contribution is 5.66. The topological polar surface area (TPSA) is 151 Å². The fourth-order valence-electron chi connectivity index (χ4n) is 3.19. The molecule has 0 aliphatic rings. The van der Waals surface area contributed by atoms with E-state index in [0.717, 1.165) is 33.1 Å². The number of aliphatic hydroxyl groups is 2. The smallest absolute Gasteiger partial charge is 0.302 e. The van der Waals surface area contributed by atoms with Gasteiger partial charge in [0.25, 0.3) is 11.9 Å². The molecule has 2 unspecified atom stereocenters. The average Bonchev–Trinajstić information content (AvgIpc) is 2.75. The van der Waals surface area contributed by atoms with Crippen LogP contribution < -0.4 is 0 Å². The third-order valence-electron chi connectivity index (χ3n) is 4.79. The molecule has 0 aromatic heterocycles. The number of carbonyl (C=O) groups is 3. The van der Waals surface area contributed by atoms with Crippen LogP contribution in [0, 0.1) is 0 Å². The molecule has 0 saturated heterocycles. The van der Waals surface area contributed by atoms with Crippen LogP contribution in [0.3, 0.4) is 0 Å². The Morgan fingerprint density at radius 2 is 1.06 bits per heavy atom. The summed E-state index contributed by atoms with van der Waals surface area (Å²) in [5.41, 5.74) is 0. The van der Waals surface area contributed by atoms with Crippen molar-refractivity contribution in [2.45, 2.75) is 130 Å². The molecule has 0 fully saturated rings. The fourth-order valence-corrected chi connectivity index (χ4v) is 3.19. The summed E-state index contributed by atoms with van der Waals surface area (Å²) < 4.78 is 10.6. The zero-order chi connectivity index (χ0) is 27.3. The molecule has 0 saturated carbocycles. The lowest BCUT2D eigenvalue weighted by Gasteiger charge is -2.18. The van der Waals surface area contributed by atoms with E-state index < -0.39 is 18.0 Å². The minimum absolute atomic E-state index is 0.0624. The Labute approximate surface area is 212 Å². The van der Waals surface area contributed by atoms with Gasteiger partial charge in [0, 0.05) is 20.8 Å². The largest absolute Gasteiger partial charge is 0.481 e. The normalized spacial score (nSPS) is 11.8. The lowest BCUT2D eigenvalue weighted by Crippen LogP contribution is -2.26. The molecule has 0 aliphatic carbocycles. The molecular formula is C26H52O9. The van der Waals surface area contributed by atoms with Crippen molar-refractivity contribution in [1.82, 2.24) is 0 Å². The highest BCUT2D eigenvalue weighted by atomic mass is 16.6. The van der Waals surface area contributed by atoms with Gasteiger partial charge in [-0.15, -0.1) is 0 Å². The molecule has 0 aromatic carbocycles. The van der Waals surface area contributed by atoms with Gasteiger partial charge in [0.2, 0.25) is 0 Å². The molecular weight excluding hydrogens is 456 g/mol. The van der Waals surface area contributed by atoms with Crippen molar-refractivity contribution >= 4 is 17.9 Å². The van der Waals surface area contributed by atoms with E-state index in [1.54, 1.807) is 0 Å². The van der Waals surface area contributed by atoms with Crippen molar-refractivity contribution < 1.29 is 44.3 Å². The van der Waals surface area contributed by atoms with Crippen LogP contribution in [0.1, 0.15) is 118 Å². The van der Waals surface area contributed by atoms with Crippen LogP contribution >= 0.6 is 0 Å². The van der Waals surface area contributed by atoms with Gasteiger partial charge < -0.3 is 29.9 Å². The first-order valence-electron chi connectivity index (χ1n) is 13.0. The van der Waals surface area contributed by atoms with E-state index in [2.05, 4.69) is 6.92 Å². The van der Waals surface area contributed by atoms with Gasteiger partial charge in [-0.2, -0.15) is 0 Å². The summed E-state index contributed by atoms with van der Waals surface area (Å²) in [7, 11) is 0. The zero-order valence-corrected chi connectivity index (χ0v) is 22.5. The number of unbranched alkanes of at least 4 members (excludes halogenated alkanes) is 12. The van der Waals surface area contributed by atoms with Crippen molar-refractivity contribution in [3.05, 3.63) is 0 Å². The van der Waals surface area contributed by atoms with E-state index in [-0.39, 0.29) is 31.9 Å². The number of esters is 1. The predicted molar refractivity (Wildman–Crippen MR) is 136 cm³/mol. The summed E-state index contributed by atoms with van der Waals surface area (Å²) in [4.78, 5) is 29.2. The van der Waals surface area contributed by atoms with Gasteiger partial charge in [0.1, 0.15) is 12.2 Å². The molecule has 0 bridgehead atoms. The molecule has 4 N–H and O–H groups in total. The second kappa shape index (κ2) is 30.3. The highest BCUT2D eigenvalue weighted by Crippen LogP contribution is 2.14. The first kappa shape index (κ1) is 37.8. The second-order valence-electron chi connectivity index (χ2n) is 8.67.